The molecule has 1 aliphatic rings. The summed E-state index contributed by atoms with van der Waals surface area (Å²) in [5.41, 5.74) is 1.80. The molecule has 0 aromatic heterocycles. The zero-order valence-electron chi connectivity index (χ0n) is 11.9. The second-order valence-corrected chi connectivity index (χ2v) is 5.04. The number of benzene rings is 1. The Morgan fingerprint density at radius 2 is 2.00 bits per heavy atom. The fraction of sp³-hybridized carbons (Fsp3) is 0.500. The molecule has 4 nitrogen and oxygen atoms in total. The van der Waals surface area contributed by atoms with Crippen LogP contribution in [0.4, 0.5) is 0 Å². The highest BCUT2D eigenvalue weighted by molar-refractivity contribution is 5.98. The minimum Gasteiger partial charge on any atom is -0.466 e. The molecule has 2 atom stereocenters. The molecule has 2 rings (SSSR count). The van der Waals surface area contributed by atoms with E-state index in [9.17, 15) is 9.59 Å². The smallest absolute Gasteiger partial charge is 0.308 e. The summed E-state index contributed by atoms with van der Waals surface area (Å²) in [4.78, 5) is 24.0. The van der Waals surface area contributed by atoms with Crippen molar-refractivity contribution in [2.24, 2.45) is 5.92 Å². The lowest BCUT2D eigenvalue weighted by molar-refractivity contribution is -0.145. The summed E-state index contributed by atoms with van der Waals surface area (Å²) in [6.07, 6.45) is 0.454. The summed E-state index contributed by atoms with van der Waals surface area (Å²) >= 11 is 0. The summed E-state index contributed by atoms with van der Waals surface area (Å²) in [5.74, 6) is -0.500. The van der Waals surface area contributed by atoms with Gasteiger partial charge in [0.05, 0.1) is 25.0 Å². The van der Waals surface area contributed by atoms with Crippen molar-refractivity contribution < 1.29 is 19.1 Å². The van der Waals surface area contributed by atoms with E-state index in [0.717, 1.165) is 5.56 Å². The number of aryl methyl sites for hydroxylation is 1. The highest BCUT2D eigenvalue weighted by Gasteiger charge is 2.36. The standard InChI is InChI=1S/C16H20O4/c1-3-19-15(17)10-14-13(8-9-20-14)16(18)12-6-4-11(2)5-7-12/h4-7,13-14H,3,8-10H2,1-2H3/t13-,14+/m1/s1. The fourth-order valence-electron chi connectivity index (χ4n) is 2.47. The van der Waals surface area contributed by atoms with Crippen LogP contribution in [0.3, 0.4) is 0 Å². The maximum Gasteiger partial charge on any atom is 0.308 e. The van der Waals surface area contributed by atoms with Crippen molar-refractivity contribution in [3.8, 4) is 0 Å². The number of carbonyl (C=O) groups excluding carboxylic acids is 2. The molecule has 1 saturated heterocycles. The van der Waals surface area contributed by atoms with Gasteiger partial charge in [-0.15, -0.1) is 0 Å². The van der Waals surface area contributed by atoms with E-state index in [1.807, 2.05) is 31.2 Å². The molecule has 0 radical (unpaired) electrons. The Bertz CT molecular complexity index is 478. The van der Waals surface area contributed by atoms with Crippen molar-refractivity contribution in [1.82, 2.24) is 0 Å². The molecule has 20 heavy (non-hydrogen) atoms. The summed E-state index contributed by atoms with van der Waals surface area (Å²) in [7, 11) is 0. The van der Waals surface area contributed by atoms with E-state index in [-0.39, 0.29) is 30.2 Å². The lowest BCUT2D eigenvalue weighted by Crippen LogP contribution is -2.27. The van der Waals surface area contributed by atoms with Gasteiger partial charge in [0.25, 0.3) is 0 Å². The molecule has 1 aromatic rings. The van der Waals surface area contributed by atoms with E-state index in [4.69, 9.17) is 9.47 Å². The van der Waals surface area contributed by atoms with Crippen molar-refractivity contribution in [3.05, 3.63) is 35.4 Å². The molecular formula is C16H20O4. The number of hydrogen-bond acceptors (Lipinski definition) is 4. The molecule has 0 N–H and O–H groups in total. The minimum absolute atomic E-state index is 0.0526. The third kappa shape index (κ3) is 3.45. The van der Waals surface area contributed by atoms with E-state index < -0.39 is 0 Å². The predicted octanol–water partition coefficient (Wildman–Crippen LogP) is 2.54. The number of esters is 1. The maximum atomic E-state index is 12.5. The number of Topliss-reactive ketones (excluding diaryl/α,β-unsaturated/α-hetero) is 1. The first kappa shape index (κ1) is 14.7. The molecule has 0 aliphatic carbocycles. The first-order valence-electron chi connectivity index (χ1n) is 7.00. The van der Waals surface area contributed by atoms with Crippen LogP contribution < -0.4 is 0 Å². The molecule has 0 unspecified atom stereocenters. The van der Waals surface area contributed by atoms with E-state index in [2.05, 4.69) is 0 Å². The number of ether oxygens (including phenoxy) is 2. The van der Waals surface area contributed by atoms with Gasteiger partial charge in [0.15, 0.2) is 5.78 Å². The van der Waals surface area contributed by atoms with Gasteiger partial charge in [-0.1, -0.05) is 29.8 Å². The number of hydrogen-bond donors (Lipinski definition) is 0. The van der Waals surface area contributed by atoms with E-state index >= 15 is 0 Å². The van der Waals surface area contributed by atoms with E-state index in [0.29, 0.717) is 25.2 Å². The Labute approximate surface area is 119 Å². The highest BCUT2D eigenvalue weighted by Crippen LogP contribution is 2.27. The number of ketones is 1. The van der Waals surface area contributed by atoms with Crippen LogP contribution >= 0.6 is 0 Å². The molecule has 1 aromatic carbocycles. The van der Waals surface area contributed by atoms with Crippen molar-refractivity contribution in [2.45, 2.75) is 32.8 Å². The van der Waals surface area contributed by atoms with Crippen LogP contribution in [0.2, 0.25) is 0 Å². The predicted molar refractivity (Wildman–Crippen MR) is 74.6 cm³/mol. The van der Waals surface area contributed by atoms with Crippen LogP contribution in [0.15, 0.2) is 24.3 Å². The Balaban J connectivity index is 2.04. The monoisotopic (exact) mass is 276 g/mol. The summed E-state index contributed by atoms with van der Waals surface area (Å²) in [6, 6.07) is 7.50. The Morgan fingerprint density at radius 3 is 2.65 bits per heavy atom. The highest BCUT2D eigenvalue weighted by atomic mass is 16.5. The number of rotatable bonds is 5. The quantitative estimate of drug-likeness (QED) is 0.612. The molecule has 4 heteroatoms. The minimum atomic E-state index is -0.358. The first-order chi connectivity index (χ1) is 9.61. The fourth-order valence-corrected chi connectivity index (χ4v) is 2.47. The molecule has 0 spiro atoms. The van der Waals surface area contributed by atoms with Crippen LogP contribution in [-0.4, -0.2) is 31.1 Å². The van der Waals surface area contributed by atoms with Crippen LogP contribution in [0, 0.1) is 12.8 Å². The van der Waals surface area contributed by atoms with Gasteiger partial charge in [-0.3, -0.25) is 9.59 Å². The van der Waals surface area contributed by atoms with Gasteiger partial charge in [0, 0.05) is 12.2 Å². The summed E-state index contributed by atoms with van der Waals surface area (Å²) in [6.45, 7) is 4.62. The average Bonchev–Trinajstić information content (AvgIpc) is 2.87. The van der Waals surface area contributed by atoms with Gasteiger partial charge in [0.1, 0.15) is 0 Å². The molecule has 0 saturated carbocycles. The molecule has 108 valence electrons. The van der Waals surface area contributed by atoms with Gasteiger partial charge in [-0.25, -0.2) is 0 Å². The second kappa shape index (κ2) is 6.66. The third-order valence-corrected chi connectivity index (χ3v) is 3.56. The number of carbonyl (C=O) groups is 2. The summed E-state index contributed by atoms with van der Waals surface area (Å²) in [5, 5.41) is 0. The normalized spacial score (nSPS) is 21.7. The maximum absolute atomic E-state index is 12.5. The van der Waals surface area contributed by atoms with Crippen molar-refractivity contribution in [1.29, 1.82) is 0 Å². The van der Waals surface area contributed by atoms with Crippen molar-refractivity contribution in [2.75, 3.05) is 13.2 Å². The molecular weight excluding hydrogens is 256 g/mol. The topological polar surface area (TPSA) is 52.6 Å². The Kier molecular flexibility index (Phi) is 4.90. The zero-order chi connectivity index (χ0) is 14.5. The van der Waals surface area contributed by atoms with Crippen molar-refractivity contribution >= 4 is 11.8 Å². The van der Waals surface area contributed by atoms with Crippen LogP contribution in [-0.2, 0) is 14.3 Å². The van der Waals surface area contributed by atoms with Crippen LogP contribution in [0.5, 0.6) is 0 Å². The zero-order valence-corrected chi connectivity index (χ0v) is 11.9. The SMILES string of the molecule is CCOC(=O)C[C@@H]1OCC[C@H]1C(=O)c1ccc(C)cc1. The first-order valence-corrected chi connectivity index (χ1v) is 7.00. The molecule has 1 aliphatic heterocycles. The molecule has 0 amide bonds. The molecule has 0 bridgehead atoms. The second-order valence-electron chi connectivity index (χ2n) is 5.04. The Hall–Kier alpha value is -1.68. The van der Waals surface area contributed by atoms with E-state index in [1.54, 1.807) is 6.92 Å². The van der Waals surface area contributed by atoms with Gasteiger partial charge in [0.2, 0.25) is 0 Å². The molecule has 1 fully saturated rings. The van der Waals surface area contributed by atoms with E-state index in [1.165, 1.54) is 0 Å². The van der Waals surface area contributed by atoms with Gasteiger partial charge in [-0.2, -0.15) is 0 Å². The lowest BCUT2D eigenvalue weighted by atomic mass is 9.90. The van der Waals surface area contributed by atoms with Crippen molar-refractivity contribution in [3.63, 3.8) is 0 Å². The van der Waals surface area contributed by atoms with Crippen LogP contribution in [0.1, 0.15) is 35.7 Å². The average molecular weight is 276 g/mol. The summed E-state index contributed by atoms with van der Waals surface area (Å²) < 4.78 is 10.5. The lowest BCUT2D eigenvalue weighted by Gasteiger charge is -2.16. The van der Waals surface area contributed by atoms with Gasteiger partial charge in [-0.05, 0) is 20.3 Å². The molecule has 1 heterocycles. The van der Waals surface area contributed by atoms with Crippen LogP contribution in [0.25, 0.3) is 0 Å². The van der Waals surface area contributed by atoms with Gasteiger partial charge < -0.3 is 9.47 Å². The van der Waals surface area contributed by atoms with Gasteiger partial charge >= 0.3 is 5.97 Å². The Morgan fingerprint density at radius 1 is 1.30 bits per heavy atom. The largest absolute Gasteiger partial charge is 0.466 e. The third-order valence-electron chi connectivity index (χ3n) is 3.56.